The van der Waals surface area contributed by atoms with Gasteiger partial charge < -0.3 is 11.1 Å². The first-order chi connectivity index (χ1) is 8.81. The zero-order chi connectivity index (χ0) is 12.8. The summed E-state index contributed by atoms with van der Waals surface area (Å²) in [5.74, 6) is 0.473. The summed E-state index contributed by atoms with van der Waals surface area (Å²) in [7, 11) is 0. The third-order valence-corrected chi connectivity index (χ3v) is 2.62. The molecule has 0 radical (unpaired) electrons. The van der Waals surface area contributed by atoms with Gasteiger partial charge in [0, 0.05) is 18.8 Å². The van der Waals surface area contributed by atoms with Gasteiger partial charge in [0.2, 0.25) is 0 Å². The summed E-state index contributed by atoms with van der Waals surface area (Å²) in [4.78, 5) is 8.49. The molecule has 0 atom stereocenters. The number of aliphatic imine (C=N–C) groups is 1. The average Bonchev–Trinajstić information content (AvgIpc) is 2.85. The second-order valence-electron chi connectivity index (χ2n) is 4.02. The Morgan fingerprint density at radius 3 is 3.05 bits per heavy atom. The summed E-state index contributed by atoms with van der Waals surface area (Å²) in [6.07, 6.45) is 5.70. The van der Waals surface area contributed by atoms with Crippen LogP contribution < -0.4 is 11.1 Å². The molecule has 3 N–H and O–H groups in total. The van der Waals surface area contributed by atoms with Gasteiger partial charge in [-0.05, 0) is 12.5 Å². The Bertz CT molecular complexity index is 536. The van der Waals surface area contributed by atoms with Crippen LogP contribution in [0.1, 0.15) is 25.5 Å². The molecule has 0 bridgehead atoms. The molecule has 6 nitrogen and oxygen atoms in total. The van der Waals surface area contributed by atoms with E-state index in [1.54, 1.807) is 16.9 Å². The number of nitrogens with one attached hydrogen (secondary N) is 1. The highest BCUT2D eigenvalue weighted by Gasteiger charge is 2.01. The lowest BCUT2D eigenvalue weighted by molar-refractivity contribution is 0.745. The van der Waals surface area contributed by atoms with Crippen LogP contribution in [-0.2, 0) is 6.54 Å². The molecule has 0 aliphatic heterocycles. The first kappa shape index (κ1) is 15.7. The van der Waals surface area contributed by atoms with E-state index in [4.69, 9.17) is 5.73 Å². The lowest BCUT2D eigenvalue weighted by Crippen LogP contribution is -2.32. The topological polar surface area (TPSA) is 80.6 Å². The zero-order valence-electron chi connectivity index (χ0n) is 10.9. The van der Waals surface area contributed by atoms with Crippen molar-refractivity contribution in [2.75, 3.05) is 6.54 Å². The standard InChI is InChI=1S/C12H18N6.HI/c1-2-3-6-15-12(13)16-9-10-4-7-14-11-5-8-17-18(10)11;/h4-5,7-8H,2-3,6,9H2,1H3,(H3,13,15,16);1H. The second-order valence-corrected chi connectivity index (χ2v) is 4.02. The third kappa shape index (κ3) is 4.34. The maximum absolute atomic E-state index is 5.78. The summed E-state index contributed by atoms with van der Waals surface area (Å²) in [6, 6.07) is 3.75. The number of fused-ring (bicyclic) bond motifs is 1. The van der Waals surface area contributed by atoms with Crippen LogP contribution >= 0.6 is 24.0 Å². The fourth-order valence-electron chi connectivity index (χ4n) is 1.62. The molecule has 7 heteroatoms. The number of halogens is 1. The van der Waals surface area contributed by atoms with Gasteiger partial charge in [0.1, 0.15) is 0 Å². The Labute approximate surface area is 129 Å². The van der Waals surface area contributed by atoms with Crippen LogP contribution in [0.25, 0.3) is 5.65 Å². The molecule has 19 heavy (non-hydrogen) atoms. The van der Waals surface area contributed by atoms with Crippen molar-refractivity contribution in [3.63, 3.8) is 0 Å². The molecule has 0 aromatic carbocycles. The first-order valence-corrected chi connectivity index (χ1v) is 6.12. The predicted octanol–water partition coefficient (Wildman–Crippen LogP) is 1.55. The Morgan fingerprint density at radius 2 is 2.26 bits per heavy atom. The van der Waals surface area contributed by atoms with Gasteiger partial charge in [0.25, 0.3) is 0 Å². The molecule has 0 spiro atoms. The van der Waals surface area contributed by atoms with Gasteiger partial charge in [-0.2, -0.15) is 5.10 Å². The number of hydrogen-bond donors (Lipinski definition) is 2. The van der Waals surface area contributed by atoms with E-state index in [9.17, 15) is 0 Å². The van der Waals surface area contributed by atoms with Gasteiger partial charge in [0.15, 0.2) is 11.6 Å². The van der Waals surface area contributed by atoms with Gasteiger partial charge in [-0.25, -0.2) is 14.5 Å². The number of guanidine groups is 1. The quantitative estimate of drug-likeness (QED) is 0.360. The van der Waals surface area contributed by atoms with Crippen molar-refractivity contribution in [1.82, 2.24) is 19.9 Å². The molecule has 0 aliphatic carbocycles. The van der Waals surface area contributed by atoms with Crippen LogP contribution in [0.4, 0.5) is 0 Å². The van der Waals surface area contributed by atoms with Gasteiger partial charge in [0.05, 0.1) is 18.4 Å². The van der Waals surface area contributed by atoms with Gasteiger partial charge in [-0.15, -0.1) is 24.0 Å². The van der Waals surface area contributed by atoms with E-state index >= 15 is 0 Å². The lowest BCUT2D eigenvalue weighted by Gasteiger charge is -2.05. The molecule has 0 amide bonds. The van der Waals surface area contributed by atoms with Crippen molar-refractivity contribution in [2.24, 2.45) is 10.7 Å². The molecule has 2 aromatic heterocycles. The highest BCUT2D eigenvalue weighted by Crippen LogP contribution is 2.04. The SMILES string of the molecule is CCCCNC(N)=NCc1ccnc2ccnn12.I. The molecular formula is C12H19IN6. The summed E-state index contributed by atoms with van der Waals surface area (Å²) >= 11 is 0. The Balaban J connectivity index is 0.00000180. The van der Waals surface area contributed by atoms with Crippen molar-refractivity contribution < 1.29 is 0 Å². The van der Waals surface area contributed by atoms with E-state index in [1.165, 1.54) is 0 Å². The van der Waals surface area contributed by atoms with Crippen molar-refractivity contribution in [3.8, 4) is 0 Å². The molecular weight excluding hydrogens is 355 g/mol. The average molecular weight is 374 g/mol. The molecule has 104 valence electrons. The van der Waals surface area contributed by atoms with E-state index < -0.39 is 0 Å². The molecule has 0 unspecified atom stereocenters. The van der Waals surface area contributed by atoms with E-state index in [-0.39, 0.29) is 24.0 Å². The van der Waals surface area contributed by atoms with Gasteiger partial charge in [-0.3, -0.25) is 0 Å². The van der Waals surface area contributed by atoms with Gasteiger partial charge >= 0.3 is 0 Å². The second kappa shape index (κ2) is 7.93. The minimum atomic E-state index is 0. The number of hydrogen-bond acceptors (Lipinski definition) is 3. The van der Waals surface area contributed by atoms with Crippen LogP contribution in [0.15, 0.2) is 29.5 Å². The van der Waals surface area contributed by atoms with E-state index in [0.29, 0.717) is 12.5 Å². The fraction of sp³-hybridized carbons (Fsp3) is 0.417. The lowest BCUT2D eigenvalue weighted by atomic mass is 10.3. The van der Waals surface area contributed by atoms with Crippen molar-refractivity contribution in [3.05, 3.63) is 30.2 Å². The van der Waals surface area contributed by atoms with Crippen LogP contribution in [0.3, 0.4) is 0 Å². The van der Waals surface area contributed by atoms with Crippen LogP contribution in [0.2, 0.25) is 0 Å². The first-order valence-electron chi connectivity index (χ1n) is 6.12. The summed E-state index contributed by atoms with van der Waals surface area (Å²) in [5, 5.41) is 7.27. The Morgan fingerprint density at radius 1 is 1.42 bits per heavy atom. The van der Waals surface area contributed by atoms with Crippen molar-refractivity contribution in [2.45, 2.75) is 26.3 Å². The monoisotopic (exact) mass is 374 g/mol. The number of aromatic nitrogens is 3. The maximum atomic E-state index is 5.78. The summed E-state index contributed by atoms with van der Waals surface area (Å²) < 4.78 is 1.77. The third-order valence-electron chi connectivity index (χ3n) is 2.62. The largest absolute Gasteiger partial charge is 0.370 e. The van der Waals surface area contributed by atoms with Crippen LogP contribution in [0.5, 0.6) is 0 Å². The molecule has 0 fully saturated rings. The highest BCUT2D eigenvalue weighted by molar-refractivity contribution is 14.0. The predicted molar refractivity (Wildman–Crippen MR) is 86.6 cm³/mol. The molecule has 0 saturated carbocycles. The molecule has 0 aliphatic rings. The number of nitrogens with zero attached hydrogens (tertiary/aromatic N) is 4. The van der Waals surface area contributed by atoms with Gasteiger partial charge in [-0.1, -0.05) is 13.3 Å². The Kier molecular flexibility index (Phi) is 6.54. The minimum absolute atomic E-state index is 0. The molecule has 2 aromatic rings. The van der Waals surface area contributed by atoms with E-state index in [1.807, 2.05) is 12.1 Å². The van der Waals surface area contributed by atoms with Crippen LogP contribution in [-0.4, -0.2) is 27.1 Å². The normalized spacial score (nSPS) is 11.3. The number of unbranched alkanes of at least 4 members (excludes halogenated alkanes) is 1. The fourth-order valence-corrected chi connectivity index (χ4v) is 1.62. The summed E-state index contributed by atoms with van der Waals surface area (Å²) in [6.45, 7) is 3.49. The molecule has 2 heterocycles. The highest BCUT2D eigenvalue weighted by atomic mass is 127. The minimum Gasteiger partial charge on any atom is -0.370 e. The number of rotatable bonds is 5. The number of nitrogens with two attached hydrogens (primary N) is 1. The zero-order valence-corrected chi connectivity index (χ0v) is 13.2. The van der Waals surface area contributed by atoms with Crippen molar-refractivity contribution in [1.29, 1.82) is 0 Å². The van der Waals surface area contributed by atoms with E-state index in [0.717, 1.165) is 30.7 Å². The van der Waals surface area contributed by atoms with Crippen LogP contribution in [0, 0.1) is 0 Å². The van der Waals surface area contributed by atoms with E-state index in [2.05, 4.69) is 27.3 Å². The Hall–Kier alpha value is -1.38. The summed E-state index contributed by atoms with van der Waals surface area (Å²) in [5.41, 5.74) is 7.56. The maximum Gasteiger partial charge on any atom is 0.188 e. The van der Waals surface area contributed by atoms with Crippen molar-refractivity contribution >= 4 is 35.6 Å². The molecule has 0 saturated heterocycles. The molecule has 2 rings (SSSR count). The smallest absolute Gasteiger partial charge is 0.188 e.